The predicted molar refractivity (Wildman–Crippen MR) is 54.1 cm³/mol. The first-order valence-corrected chi connectivity index (χ1v) is 6.48. The van der Waals surface area contributed by atoms with Crippen molar-refractivity contribution >= 4 is 7.60 Å². The molecule has 1 atom stereocenters. The van der Waals surface area contributed by atoms with Crippen molar-refractivity contribution in [1.82, 2.24) is 0 Å². The summed E-state index contributed by atoms with van der Waals surface area (Å²) in [6.07, 6.45) is -0.0234. The van der Waals surface area contributed by atoms with Crippen LogP contribution in [0.25, 0.3) is 0 Å². The Morgan fingerprint density at radius 3 is 1.88 bits per heavy atom. The molecule has 96 valence electrons. The minimum absolute atomic E-state index is 0.0234. The van der Waals surface area contributed by atoms with E-state index in [0.717, 1.165) is 0 Å². The van der Waals surface area contributed by atoms with E-state index >= 15 is 0 Å². The van der Waals surface area contributed by atoms with Gasteiger partial charge in [-0.2, -0.15) is 0 Å². The van der Waals surface area contributed by atoms with Gasteiger partial charge in [0.1, 0.15) is 0 Å². The second kappa shape index (κ2) is 7.70. The summed E-state index contributed by atoms with van der Waals surface area (Å²) in [5.41, 5.74) is 0. The molecule has 0 aliphatic carbocycles. The lowest BCUT2D eigenvalue weighted by atomic mass is 10.5. The molecule has 9 heteroatoms. The summed E-state index contributed by atoms with van der Waals surface area (Å²) in [6, 6.07) is 0. The molecule has 0 radical (unpaired) electrons. The number of nitro groups is 1. The Hall–Kier alpha value is -0.530. The Kier molecular flexibility index (Phi) is 7.44. The average molecular weight is 257 g/mol. The van der Waals surface area contributed by atoms with Gasteiger partial charge in [0.15, 0.2) is 0 Å². The molecule has 0 aromatic rings. The molecule has 0 aromatic carbocycles. The number of hydrogen-bond donors (Lipinski definition) is 0. The van der Waals surface area contributed by atoms with E-state index < -0.39 is 18.3 Å². The molecule has 0 amide bonds. The Balaban J connectivity index is 4.73. The third-order valence-corrected chi connectivity index (χ3v) is 3.43. The smallest absolute Gasteiger partial charge is 0.264 e. The minimum atomic E-state index is -4.06. The summed E-state index contributed by atoms with van der Waals surface area (Å²) in [5, 5.41) is 10.7. The summed E-state index contributed by atoms with van der Waals surface area (Å²) in [6.45, 7) is 4.84. The normalized spacial score (nSPS) is 13.7. The van der Waals surface area contributed by atoms with Crippen LogP contribution in [0.3, 0.4) is 0 Å². The van der Waals surface area contributed by atoms with Gasteiger partial charge in [0.2, 0.25) is 0 Å². The molecular weight excluding hydrogens is 241 g/mol. The van der Waals surface area contributed by atoms with Gasteiger partial charge in [0, 0.05) is 11.3 Å². The highest BCUT2D eigenvalue weighted by molar-refractivity contribution is 7.54. The van der Waals surface area contributed by atoms with Crippen LogP contribution in [0.15, 0.2) is 0 Å². The summed E-state index contributed by atoms with van der Waals surface area (Å²) in [7, 11) is -4.06. The standard InChI is InChI=1S/C7H16NO7P/c1-4-7(8(9)10)16(11,14-12-5-2)15-13-6-3/h7H,4-6H2,1-3H3. The van der Waals surface area contributed by atoms with E-state index in [0.29, 0.717) is 0 Å². The molecule has 0 N–H and O–H groups in total. The molecule has 0 saturated carbocycles. The second-order valence-corrected chi connectivity index (χ2v) is 4.65. The number of nitrogens with zero attached hydrogens (tertiary/aromatic N) is 1. The van der Waals surface area contributed by atoms with E-state index in [1.54, 1.807) is 13.8 Å². The fourth-order valence-electron chi connectivity index (χ4n) is 0.852. The van der Waals surface area contributed by atoms with Crippen LogP contribution < -0.4 is 0 Å². The molecule has 0 aliphatic heterocycles. The van der Waals surface area contributed by atoms with Gasteiger partial charge in [-0.15, -0.1) is 9.35 Å². The Morgan fingerprint density at radius 2 is 1.62 bits per heavy atom. The minimum Gasteiger partial charge on any atom is -0.264 e. The van der Waals surface area contributed by atoms with Gasteiger partial charge in [0.25, 0.3) is 0 Å². The third-order valence-electron chi connectivity index (χ3n) is 1.52. The van der Waals surface area contributed by atoms with E-state index in [-0.39, 0.29) is 19.6 Å². The quantitative estimate of drug-likeness (QED) is 0.270. The molecule has 0 spiro atoms. The van der Waals surface area contributed by atoms with E-state index in [2.05, 4.69) is 19.1 Å². The van der Waals surface area contributed by atoms with Crippen LogP contribution in [0.4, 0.5) is 0 Å². The summed E-state index contributed by atoms with van der Waals surface area (Å²) >= 11 is 0. The molecule has 0 bridgehead atoms. The largest absolute Gasteiger partial charge is 0.457 e. The zero-order valence-electron chi connectivity index (χ0n) is 9.45. The predicted octanol–water partition coefficient (Wildman–Crippen LogP) is 2.13. The summed E-state index contributed by atoms with van der Waals surface area (Å²) < 4.78 is 20.9. The molecule has 0 aromatic heterocycles. The van der Waals surface area contributed by atoms with Gasteiger partial charge in [-0.3, -0.25) is 10.1 Å². The van der Waals surface area contributed by atoms with E-state index in [9.17, 15) is 14.7 Å². The lowest BCUT2D eigenvalue weighted by molar-refractivity contribution is -0.505. The highest BCUT2D eigenvalue weighted by Crippen LogP contribution is 2.54. The third kappa shape index (κ3) is 4.54. The molecule has 0 rings (SSSR count). The Morgan fingerprint density at radius 1 is 1.19 bits per heavy atom. The van der Waals surface area contributed by atoms with E-state index in [1.165, 1.54) is 6.92 Å². The Bertz CT molecular complexity index is 247. The van der Waals surface area contributed by atoms with Crippen LogP contribution in [-0.4, -0.2) is 23.9 Å². The van der Waals surface area contributed by atoms with Crippen LogP contribution in [0.1, 0.15) is 27.2 Å². The first kappa shape index (κ1) is 15.5. The lowest BCUT2D eigenvalue weighted by Gasteiger charge is -2.17. The van der Waals surface area contributed by atoms with Crippen molar-refractivity contribution in [2.24, 2.45) is 0 Å². The first-order chi connectivity index (χ1) is 7.51. The number of hydrogen-bond acceptors (Lipinski definition) is 7. The fraction of sp³-hybridized carbons (Fsp3) is 1.00. The van der Waals surface area contributed by atoms with Gasteiger partial charge in [-0.25, -0.2) is 14.3 Å². The van der Waals surface area contributed by atoms with E-state index in [1.807, 2.05) is 0 Å². The molecule has 8 nitrogen and oxygen atoms in total. The van der Waals surface area contributed by atoms with Gasteiger partial charge in [-0.05, 0) is 13.8 Å². The van der Waals surface area contributed by atoms with E-state index in [4.69, 9.17) is 0 Å². The summed E-state index contributed by atoms with van der Waals surface area (Å²) in [4.78, 5) is 18.8. The first-order valence-electron chi connectivity index (χ1n) is 4.87. The molecule has 0 aliphatic rings. The van der Waals surface area contributed by atoms with Gasteiger partial charge in [0.05, 0.1) is 13.2 Å². The topological polar surface area (TPSA) is 97.1 Å². The van der Waals surface area contributed by atoms with Crippen LogP contribution in [0, 0.1) is 10.1 Å². The van der Waals surface area contributed by atoms with Crippen molar-refractivity contribution < 1.29 is 28.6 Å². The molecule has 0 heterocycles. The van der Waals surface area contributed by atoms with Crippen molar-refractivity contribution in [1.29, 1.82) is 0 Å². The number of rotatable bonds is 9. The molecular formula is C7H16NO7P. The van der Waals surface area contributed by atoms with Gasteiger partial charge < -0.3 is 0 Å². The zero-order chi connectivity index (χ0) is 12.6. The lowest BCUT2D eigenvalue weighted by Crippen LogP contribution is -2.21. The van der Waals surface area contributed by atoms with Gasteiger partial charge >= 0.3 is 13.4 Å². The highest BCUT2D eigenvalue weighted by atomic mass is 31.2. The maximum Gasteiger partial charge on any atom is 0.457 e. The van der Waals surface area contributed by atoms with Crippen LogP contribution >= 0.6 is 7.60 Å². The summed E-state index contributed by atoms with van der Waals surface area (Å²) in [5.74, 6) is -1.51. The van der Waals surface area contributed by atoms with Crippen molar-refractivity contribution in [3.8, 4) is 0 Å². The SMILES string of the molecule is CCOOP(=O)(OOCC)C(CC)[N+](=O)[O-]. The monoisotopic (exact) mass is 257 g/mol. The molecule has 0 saturated heterocycles. The zero-order valence-corrected chi connectivity index (χ0v) is 10.3. The van der Waals surface area contributed by atoms with Crippen molar-refractivity contribution in [2.45, 2.75) is 33.0 Å². The molecule has 1 unspecified atom stereocenters. The molecule has 0 fully saturated rings. The van der Waals surface area contributed by atoms with Crippen LogP contribution in [0.5, 0.6) is 0 Å². The van der Waals surface area contributed by atoms with Crippen molar-refractivity contribution in [3.05, 3.63) is 10.1 Å². The molecule has 16 heavy (non-hydrogen) atoms. The van der Waals surface area contributed by atoms with Crippen molar-refractivity contribution in [3.63, 3.8) is 0 Å². The second-order valence-electron chi connectivity index (χ2n) is 2.68. The highest BCUT2D eigenvalue weighted by Gasteiger charge is 2.47. The Labute approximate surface area is 93.4 Å². The maximum absolute atomic E-state index is 12.0. The maximum atomic E-state index is 12.0. The fourth-order valence-corrected chi connectivity index (χ4v) is 2.26. The van der Waals surface area contributed by atoms with Crippen molar-refractivity contribution in [2.75, 3.05) is 13.2 Å². The van der Waals surface area contributed by atoms with Gasteiger partial charge in [-0.1, -0.05) is 6.92 Å². The van der Waals surface area contributed by atoms with Crippen LogP contribution in [0.2, 0.25) is 0 Å². The van der Waals surface area contributed by atoms with Crippen LogP contribution in [-0.2, 0) is 23.7 Å². The average Bonchev–Trinajstić information content (AvgIpc) is 2.24.